The van der Waals surface area contributed by atoms with Gasteiger partial charge >= 0.3 is 0 Å². The summed E-state index contributed by atoms with van der Waals surface area (Å²) in [4.78, 5) is 12.5. The van der Waals surface area contributed by atoms with E-state index in [4.69, 9.17) is 75.0 Å². The highest BCUT2D eigenvalue weighted by molar-refractivity contribution is 7.80. The number of hydrogen-bond acceptors (Lipinski definition) is 3. The average Bonchev–Trinajstić information content (AvgIpc) is 2.63. The maximum atomic E-state index is 12.5. The number of hydrogen-bond donors (Lipinski definition) is 3. The Hall–Kier alpha value is -1.15. The third kappa shape index (κ3) is 6.44. The number of ether oxygens (including phenoxy) is 1. The van der Waals surface area contributed by atoms with E-state index in [1.54, 1.807) is 42.5 Å². The number of thiocarbonyl (C=S) groups is 1. The lowest BCUT2D eigenvalue weighted by atomic mass is 10.2. The fourth-order valence-corrected chi connectivity index (χ4v) is 3.12. The first-order valence-corrected chi connectivity index (χ1v) is 9.95. The van der Waals surface area contributed by atoms with Crippen LogP contribution in [0.15, 0.2) is 42.5 Å². The first-order valence-electron chi connectivity index (χ1n) is 7.65. The standard InChI is InChI=1S/C17H14Cl5N3O2S/c1-27-10-5-2-4-9(8-10)14(26)24-15(17(20,21)22)25-16(28)23-13-11(18)6-3-7-12(13)19/h2-8,15H,1H3,(H,24,26)(H2,23,25,28). The number of anilines is 1. The van der Waals surface area contributed by atoms with Crippen molar-refractivity contribution < 1.29 is 9.53 Å². The predicted molar refractivity (Wildman–Crippen MR) is 120 cm³/mol. The van der Waals surface area contributed by atoms with Crippen LogP contribution in [0, 0.1) is 0 Å². The van der Waals surface area contributed by atoms with Crippen molar-refractivity contribution >= 4 is 86.9 Å². The molecule has 1 amide bonds. The molecule has 0 radical (unpaired) electrons. The van der Waals surface area contributed by atoms with Crippen molar-refractivity contribution in [1.82, 2.24) is 10.6 Å². The van der Waals surface area contributed by atoms with Gasteiger partial charge in [-0.2, -0.15) is 0 Å². The molecule has 0 saturated carbocycles. The molecule has 11 heteroatoms. The molecule has 0 saturated heterocycles. The molecule has 0 aliphatic carbocycles. The summed E-state index contributed by atoms with van der Waals surface area (Å²) in [5.74, 6) is 0.0119. The minimum atomic E-state index is -1.91. The lowest BCUT2D eigenvalue weighted by Gasteiger charge is -2.28. The third-order valence-corrected chi connectivity index (χ3v) is 4.92. The highest BCUT2D eigenvalue weighted by atomic mass is 35.6. The Morgan fingerprint density at radius 3 is 2.25 bits per heavy atom. The molecule has 1 atom stereocenters. The van der Waals surface area contributed by atoms with Gasteiger partial charge in [-0.25, -0.2) is 0 Å². The summed E-state index contributed by atoms with van der Waals surface area (Å²) >= 11 is 35.4. The zero-order chi connectivity index (χ0) is 20.9. The van der Waals surface area contributed by atoms with E-state index in [1.807, 2.05) is 0 Å². The van der Waals surface area contributed by atoms with Crippen molar-refractivity contribution in [2.45, 2.75) is 9.96 Å². The van der Waals surface area contributed by atoms with Crippen LogP contribution < -0.4 is 20.7 Å². The SMILES string of the molecule is COc1cccc(C(=O)NC(NC(=S)Nc2c(Cl)cccc2Cl)C(Cl)(Cl)Cl)c1. The van der Waals surface area contributed by atoms with Crippen LogP contribution in [-0.4, -0.2) is 28.1 Å². The van der Waals surface area contributed by atoms with Crippen LogP contribution in [0.3, 0.4) is 0 Å². The van der Waals surface area contributed by atoms with Gasteiger partial charge in [0.2, 0.25) is 3.79 Å². The monoisotopic (exact) mass is 499 g/mol. The van der Waals surface area contributed by atoms with E-state index in [1.165, 1.54) is 7.11 Å². The summed E-state index contributed by atoms with van der Waals surface area (Å²) in [7, 11) is 1.49. The molecular weight excluding hydrogens is 488 g/mol. The van der Waals surface area contributed by atoms with Crippen LogP contribution in [0.25, 0.3) is 0 Å². The number of rotatable bonds is 5. The van der Waals surface area contributed by atoms with Gasteiger partial charge in [0.1, 0.15) is 11.9 Å². The molecule has 0 aliphatic rings. The average molecular weight is 502 g/mol. The van der Waals surface area contributed by atoms with Gasteiger partial charge in [-0.3, -0.25) is 4.79 Å². The Bertz CT molecular complexity index is 856. The Kier molecular flexibility index (Phi) is 8.30. The van der Waals surface area contributed by atoms with Crippen LogP contribution in [0.5, 0.6) is 5.75 Å². The lowest BCUT2D eigenvalue weighted by Crippen LogP contribution is -2.56. The summed E-state index contributed by atoms with van der Waals surface area (Å²) in [6.45, 7) is 0. The summed E-state index contributed by atoms with van der Waals surface area (Å²) in [6.07, 6.45) is -1.16. The van der Waals surface area contributed by atoms with Crippen LogP contribution in [0.2, 0.25) is 10.0 Å². The molecule has 0 spiro atoms. The van der Waals surface area contributed by atoms with Crippen LogP contribution in [0.4, 0.5) is 5.69 Å². The first kappa shape index (κ1) is 23.1. The summed E-state index contributed by atoms with van der Waals surface area (Å²) in [5, 5.41) is 8.87. The van der Waals surface area contributed by atoms with Gasteiger partial charge in [-0.05, 0) is 42.5 Å². The number of halogens is 5. The second kappa shape index (κ2) is 10.1. The van der Waals surface area contributed by atoms with E-state index in [2.05, 4.69) is 16.0 Å². The Balaban J connectivity index is 2.13. The number of carbonyl (C=O) groups excluding carboxylic acids is 1. The molecule has 0 bridgehead atoms. The van der Waals surface area contributed by atoms with Crippen molar-refractivity contribution in [2.75, 3.05) is 12.4 Å². The minimum absolute atomic E-state index is 0.0391. The van der Waals surface area contributed by atoms with Gasteiger partial charge in [-0.15, -0.1) is 0 Å². The van der Waals surface area contributed by atoms with Crippen molar-refractivity contribution in [3.63, 3.8) is 0 Å². The molecule has 0 heterocycles. The lowest BCUT2D eigenvalue weighted by molar-refractivity contribution is 0.0934. The Labute approximate surface area is 192 Å². The van der Waals surface area contributed by atoms with Gasteiger partial charge in [0.15, 0.2) is 5.11 Å². The topological polar surface area (TPSA) is 62.4 Å². The number of para-hydroxylation sites is 1. The fraction of sp³-hybridized carbons (Fsp3) is 0.176. The highest BCUT2D eigenvalue weighted by Crippen LogP contribution is 2.31. The maximum absolute atomic E-state index is 12.5. The largest absolute Gasteiger partial charge is 0.497 e. The van der Waals surface area contributed by atoms with E-state index >= 15 is 0 Å². The van der Waals surface area contributed by atoms with Crippen LogP contribution >= 0.6 is 70.2 Å². The van der Waals surface area contributed by atoms with Crippen molar-refractivity contribution in [2.24, 2.45) is 0 Å². The molecule has 0 aromatic heterocycles. The van der Waals surface area contributed by atoms with Crippen molar-refractivity contribution in [3.05, 3.63) is 58.1 Å². The molecule has 2 aromatic carbocycles. The minimum Gasteiger partial charge on any atom is -0.497 e. The van der Waals surface area contributed by atoms with E-state index in [9.17, 15) is 4.79 Å². The summed E-state index contributed by atoms with van der Waals surface area (Å²) in [5.41, 5.74) is 0.693. The number of nitrogens with one attached hydrogen (secondary N) is 3. The van der Waals surface area contributed by atoms with Crippen molar-refractivity contribution in [3.8, 4) is 5.75 Å². The number of amides is 1. The zero-order valence-corrected chi connectivity index (χ0v) is 18.8. The zero-order valence-electron chi connectivity index (χ0n) is 14.2. The molecule has 28 heavy (non-hydrogen) atoms. The number of alkyl halides is 3. The quantitative estimate of drug-likeness (QED) is 0.290. The van der Waals surface area contributed by atoms with Gasteiger partial charge in [0.05, 0.1) is 22.8 Å². The van der Waals surface area contributed by atoms with Gasteiger partial charge in [0, 0.05) is 5.56 Å². The molecule has 3 N–H and O–H groups in total. The molecule has 2 rings (SSSR count). The van der Waals surface area contributed by atoms with Crippen molar-refractivity contribution in [1.29, 1.82) is 0 Å². The number of carbonyl (C=O) groups is 1. The molecule has 1 unspecified atom stereocenters. The van der Waals surface area contributed by atoms with E-state index < -0.39 is 15.9 Å². The molecular formula is C17H14Cl5N3O2S. The first-order chi connectivity index (χ1) is 13.1. The number of benzene rings is 2. The molecule has 2 aromatic rings. The molecule has 0 fully saturated rings. The molecule has 150 valence electrons. The van der Waals surface area contributed by atoms with Gasteiger partial charge < -0.3 is 20.7 Å². The predicted octanol–water partition coefficient (Wildman–Crippen LogP) is 5.41. The van der Waals surface area contributed by atoms with Gasteiger partial charge in [0.25, 0.3) is 5.91 Å². The third-order valence-electron chi connectivity index (χ3n) is 3.41. The second-order valence-electron chi connectivity index (χ2n) is 5.38. The molecule has 5 nitrogen and oxygen atoms in total. The second-order valence-corrected chi connectivity index (χ2v) is 8.97. The Morgan fingerprint density at radius 1 is 1.07 bits per heavy atom. The van der Waals surface area contributed by atoms with E-state index in [0.717, 1.165) is 0 Å². The van der Waals surface area contributed by atoms with Gasteiger partial charge in [-0.1, -0.05) is 70.1 Å². The maximum Gasteiger partial charge on any atom is 0.253 e. The van der Waals surface area contributed by atoms with Crippen LogP contribution in [-0.2, 0) is 0 Å². The summed E-state index contributed by atoms with van der Waals surface area (Å²) < 4.78 is 3.19. The smallest absolute Gasteiger partial charge is 0.253 e. The van der Waals surface area contributed by atoms with E-state index in [0.29, 0.717) is 27.0 Å². The van der Waals surface area contributed by atoms with E-state index in [-0.39, 0.29) is 5.11 Å². The summed E-state index contributed by atoms with van der Waals surface area (Å²) in [6, 6.07) is 11.5. The molecule has 0 aliphatic heterocycles. The normalized spacial score (nSPS) is 12.1. The Morgan fingerprint density at radius 2 is 1.68 bits per heavy atom. The number of methoxy groups -OCH3 is 1. The fourth-order valence-electron chi connectivity index (χ4n) is 2.08. The highest BCUT2D eigenvalue weighted by Gasteiger charge is 2.35. The van der Waals surface area contributed by atoms with Crippen LogP contribution in [0.1, 0.15) is 10.4 Å².